The van der Waals surface area contributed by atoms with E-state index in [-0.39, 0.29) is 6.10 Å². The number of rotatable bonds is 6. The Bertz CT molecular complexity index is 400. The van der Waals surface area contributed by atoms with E-state index in [4.69, 9.17) is 4.74 Å². The molecule has 0 unspecified atom stereocenters. The first-order chi connectivity index (χ1) is 9.67. The molecular formula is C16H27N3O. The van der Waals surface area contributed by atoms with Crippen molar-refractivity contribution in [2.45, 2.75) is 59.0 Å². The van der Waals surface area contributed by atoms with Crippen molar-refractivity contribution in [3.63, 3.8) is 0 Å². The highest BCUT2D eigenvalue weighted by Gasteiger charge is 2.19. The molecule has 20 heavy (non-hydrogen) atoms. The molecule has 0 amide bonds. The molecule has 2 rings (SSSR count). The Hall–Kier alpha value is -1.32. The molecule has 0 spiro atoms. The minimum atomic E-state index is 0.141. The molecule has 1 fully saturated rings. The maximum atomic E-state index is 5.58. The van der Waals surface area contributed by atoms with Crippen molar-refractivity contribution < 1.29 is 4.74 Å². The second-order valence-electron chi connectivity index (χ2n) is 6.08. The van der Waals surface area contributed by atoms with Crippen molar-refractivity contribution in [3.05, 3.63) is 12.4 Å². The van der Waals surface area contributed by atoms with Crippen LogP contribution in [-0.2, 0) is 0 Å². The van der Waals surface area contributed by atoms with Gasteiger partial charge in [-0.2, -0.15) is 0 Å². The topological polar surface area (TPSA) is 47.0 Å². The van der Waals surface area contributed by atoms with E-state index in [1.54, 1.807) is 6.33 Å². The molecule has 0 atom stereocenters. The summed E-state index contributed by atoms with van der Waals surface area (Å²) in [6.07, 6.45) is 8.48. The molecule has 1 aromatic heterocycles. The highest BCUT2D eigenvalue weighted by molar-refractivity contribution is 5.37. The first-order valence-electron chi connectivity index (χ1n) is 7.90. The summed E-state index contributed by atoms with van der Waals surface area (Å²) in [5.41, 5.74) is 0. The van der Waals surface area contributed by atoms with Crippen LogP contribution in [0.5, 0.6) is 5.88 Å². The van der Waals surface area contributed by atoms with Gasteiger partial charge < -0.3 is 10.1 Å². The summed E-state index contributed by atoms with van der Waals surface area (Å²) in [7, 11) is 0. The van der Waals surface area contributed by atoms with E-state index >= 15 is 0 Å². The fraction of sp³-hybridized carbons (Fsp3) is 0.750. The number of ether oxygens (including phenoxy) is 1. The van der Waals surface area contributed by atoms with Gasteiger partial charge in [-0.05, 0) is 38.5 Å². The molecule has 1 aliphatic carbocycles. The van der Waals surface area contributed by atoms with Crippen LogP contribution in [0, 0.1) is 11.8 Å². The molecular weight excluding hydrogens is 250 g/mol. The number of hydrogen-bond acceptors (Lipinski definition) is 4. The predicted octanol–water partition coefficient (Wildman–Crippen LogP) is 3.89. The van der Waals surface area contributed by atoms with Crippen molar-refractivity contribution in [3.8, 4) is 5.88 Å². The van der Waals surface area contributed by atoms with Crippen LogP contribution < -0.4 is 10.1 Å². The van der Waals surface area contributed by atoms with E-state index in [0.29, 0.717) is 5.88 Å². The van der Waals surface area contributed by atoms with Gasteiger partial charge in [-0.1, -0.05) is 26.2 Å². The zero-order valence-electron chi connectivity index (χ0n) is 12.9. The van der Waals surface area contributed by atoms with E-state index in [1.165, 1.54) is 32.1 Å². The molecule has 0 bridgehead atoms. The summed E-state index contributed by atoms with van der Waals surface area (Å²) in [6, 6.07) is 1.89. The second kappa shape index (κ2) is 7.46. The normalized spacial score (nSPS) is 22.8. The van der Waals surface area contributed by atoms with E-state index in [0.717, 1.165) is 24.2 Å². The smallest absolute Gasteiger partial charge is 0.218 e. The molecule has 1 N–H and O–H groups in total. The number of anilines is 1. The lowest BCUT2D eigenvalue weighted by Crippen LogP contribution is -2.21. The summed E-state index contributed by atoms with van der Waals surface area (Å²) in [4.78, 5) is 8.38. The predicted molar refractivity (Wildman–Crippen MR) is 82.0 cm³/mol. The first kappa shape index (κ1) is 15.1. The summed E-state index contributed by atoms with van der Waals surface area (Å²) in [5, 5.41) is 3.43. The van der Waals surface area contributed by atoms with Gasteiger partial charge in [-0.3, -0.25) is 0 Å². The lowest BCUT2D eigenvalue weighted by atomic mass is 9.81. The number of hydrogen-bond donors (Lipinski definition) is 1. The van der Waals surface area contributed by atoms with Crippen molar-refractivity contribution in [1.82, 2.24) is 9.97 Å². The van der Waals surface area contributed by atoms with Gasteiger partial charge in [0.15, 0.2) is 0 Å². The average Bonchev–Trinajstić information content (AvgIpc) is 2.45. The van der Waals surface area contributed by atoms with E-state index in [1.807, 2.05) is 19.9 Å². The Labute approximate surface area is 122 Å². The Morgan fingerprint density at radius 2 is 1.90 bits per heavy atom. The highest BCUT2D eigenvalue weighted by Crippen LogP contribution is 2.30. The lowest BCUT2D eigenvalue weighted by molar-refractivity contribution is 0.232. The van der Waals surface area contributed by atoms with Crippen molar-refractivity contribution in [2.24, 2.45) is 11.8 Å². The van der Waals surface area contributed by atoms with Crippen LogP contribution in [0.1, 0.15) is 52.9 Å². The second-order valence-corrected chi connectivity index (χ2v) is 6.08. The van der Waals surface area contributed by atoms with Crippen LogP contribution >= 0.6 is 0 Å². The molecule has 0 aliphatic heterocycles. The number of nitrogens with zero attached hydrogens (tertiary/aromatic N) is 2. The fourth-order valence-corrected chi connectivity index (χ4v) is 2.83. The van der Waals surface area contributed by atoms with E-state index in [2.05, 4.69) is 22.2 Å². The first-order valence-corrected chi connectivity index (χ1v) is 7.90. The quantitative estimate of drug-likeness (QED) is 0.857. The zero-order chi connectivity index (χ0) is 14.4. The van der Waals surface area contributed by atoms with Gasteiger partial charge >= 0.3 is 0 Å². The third-order valence-electron chi connectivity index (χ3n) is 4.11. The molecule has 1 aliphatic rings. The SMILES string of the molecule is CCC1CCC(CNc2cc(OC(C)C)ncn2)CC1. The fourth-order valence-electron chi connectivity index (χ4n) is 2.83. The molecule has 1 saturated carbocycles. The number of nitrogens with one attached hydrogen (secondary N) is 1. The van der Waals surface area contributed by atoms with Crippen LogP contribution in [-0.4, -0.2) is 22.6 Å². The maximum Gasteiger partial charge on any atom is 0.218 e. The Balaban J connectivity index is 1.79. The lowest BCUT2D eigenvalue weighted by Gasteiger charge is -2.28. The molecule has 1 aromatic rings. The van der Waals surface area contributed by atoms with E-state index in [9.17, 15) is 0 Å². The Morgan fingerprint density at radius 3 is 2.55 bits per heavy atom. The number of aromatic nitrogens is 2. The summed E-state index contributed by atoms with van der Waals surface area (Å²) >= 11 is 0. The van der Waals surface area contributed by atoms with Crippen molar-refractivity contribution in [1.29, 1.82) is 0 Å². The van der Waals surface area contributed by atoms with Gasteiger partial charge in [-0.15, -0.1) is 0 Å². The van der Waals surface area contributed by atoms with Crippen LogP contribution in [0.4, 0.5) is 5.82 Å². The van der Waals surface area contributed by atoms with Crippen LogP contribution in [0.2, 0.25) is 0 Å². The standard InChI is InChI=1S/C16H27N3O/c1-4-13-5-7-14(8-6-13)10-17-15-9-16(19-11-18-15)20-12(2)3/h9,11-14H,4-8,10H2,1-3H3,(H,17,18,19). The van der Waals surface area contributed by atoms with Crippen molar-refractivity contribution >= 4 is 5.82 Å². The zero-order valence-corrected chi connectivity index (χ0v) is 12.9. The summed E-state index contributed by atoms with van der Waals surface area (Å²) in [6.45, 7) is 7.32. The molecule has 112 valence electrons. The molecule has 0 saturated heterocycles. The Morgan fingerprint density at radius 1 is 1.20 bits per heavy atom. The van der Waals surface area contributed by atoms with Gasteiger partial charge in [0.05, 0.1) is 6.10 Å². The molecule has 4 heteroatoms. The minimum absolute atomic E-state index is 0.141. The third-order valence-corrected chi connectivity index (χ3v) is 4.11. The van der Waals surface area contributed by atoms with Crippen LogP contribution in [0.25, 0.3) is 0 Å². The summed E-state index contributed by atoms with van der Waals surface area (Å²) in [5.74, 6) is 3.25. The van der Waals surface area contributed by atoms with Gasteiger partial charge in [0.1, 0.15) is 12.1 Å². The molecule has 0 radical (unpaired) electrons. The molecule has 0 aromatic carbocycles. The van der Waals surface area contributed by atoms with Gasteiger partial charge in [0.2, 0.25) is 5.88 Å². The average molecular weight is 277 g/mol. The van der Waals surface area contributed by atoms with Gasteiger partial charge in [0.25, 0.3) is 0 Å². The maximum absolute atomic E-state index is 5.58. The van der Waals surface area contributed by atoms with Crippen molar-refractivity contribution in [2.75, 3.05) is 11.9 Å². The third kappa shape index (κ3) is 4.66. The Kier molecular flexibility index (Phi) is 5.62. The molecule has 1 heterocycles. The van der Waals surface area contributed by atoms with Crippen LogP contribution in [0.15, 0.2) is 12.4 Å². The minimum Gasteiger partial charge on any atom is -0.475 e. The van der Waals surface area contributed by atoms with E-state index < -0.39 is 0 Å². The largest absolute Gasteiger partial charge is 0.475 e. The summed E-state index contributed by atoms with van der Waals surface area (Å²) < 4.78 is 5.58. The van der Waals surface area contributed by atoms with Gasteiger partial charge in [0, 0.05) is 12.6 Å². The molecule has 4 nitrogen and oxygen atoms in total. The monoisotopic (exact) mass is 277 g/mol. The van der Waals surface area contributed by atoms with Crippen LogP contribution in [0.3, 0.4) is 0 Å². The van der Waals surface area contributed by atoms with Gasteiger partial charge in [-0.25, -0.2) is 9.97 Å². The highest BCUT2D eigenvalue weighted by atomic mass is 16.5.